The molecule has 4 rings (SSSR count). The first kappa shape index (κ1) is 16.3. The van der Waals surface area contributed by atoms with E-state index in [1.807, 2.05) is 42.0 Å². The number of benzene rings is 1. The van der Waals surface area contributed by atoms with Crippen LogP contribution in [-0.4, -0.2) is 19.3 Å². The molecule has 0 saturated heterocycles. The molecule has 3 aromatic heterocycles. The molecule has 132 valence electrons. The van der Waals surface area contributed by atoms with E-state index in [-0.39, 0.29) is 12.1 Å². The third-order valence-corrected chi connectivity index (χ3v) is 4.66. The Morgan fingerprint density at radius 3 is 2.62 bits per heavy atom. The molecule has 0 bridgehead atoms. The molecule has 4 aromatic rings. The maximum absolute atomic E-state index is 12.8. The standard InChI is InChI=1S/C20H20N4O2/c1-3-23-10-8-15-9-11-24(20(25)19(15)23)13-18-21-17(22-26-18)12-16-7-5-4-6-14(16)2/h4-11H,3,12-13H2,1-2H3. The third-order valence-electron chi connectivity index (χ3n) is 4.66. The summed E-state index contributed by atoms with van der Waals surface area (Å²) >= 11 is 0. The van der Waals surface area contributed by atoms with Crippen LogP contribution in [0.1, 0.15) is 29.8 Å². The highest BCUT2D eigenvalue weighted by Gasteiger charge is 2.12. The van der Waals surface area contributed by atoms with Crippen LogP contribution in [0.4, 0.5) is 0 Å². The smallest absolute Gasteiger partial charge is 0.275 e. The molecule has 1 aromatic carbocycles. The van der Waals surface area contributed by atoms with Crippen LogP contribution in [0.25, 0.3) is 10.9 Å². The van der Waals surface area contributed by atoms with Gasteiger partial charge in [-0.05, 0) is 37.1 Å². The number of rotatable bonds is 5. The fourth-order valence-electron chi connectivity index (χ4n) is 3.18. The van der Waals surface area contributed by atoms with Gasteiger partial charge in [-0.1, -0.05) is 29.4 Å². The summed E-state index contributed by atoms with van der Waals surface area (Å²) in [5, 5.41) is 5.00. The normalized spacial score (nSPS) is 11.3. The molecule has 0 atom stereocenters. The molecule has 0 amide bonds. The molecular weight excluding hydrogens is 328 g/mol. The summed E-state index contributed by atoms with van der Waals surface area (Å²) in [6, 6.07) is 12.0. The van der Waals surface area contributed by atoms with Gasteiger partial charge in [-0.2, -0.15) is 4.98 Å². The van der Waals surface area contributed by atoms with E-state index in [0.717, 1.165) is 11.9 Å². The van der Waals surface area contributed by atoms with Gasteiger partial charge in [-0.25, -0.2) is 0 Å². The van der Waals surface area contributed by atoms with Crippen LogP contribution in [-0.2, 0) is 19.5 Å². The number of fused-ring (bicyclic) bond motifs is 1. The zero-order valence-corrected chi connectivity index (χ0v) is 14.8. The predicted molar refractivity (Wildman–Crippen MR) is 99.3 cm³/mol. The van der Waals surface area contributed by atoms with Crippen LogP contribution in [0.5, 0.6) is 0 Å². The van der Waals surface area contributed by atoms with Gasteiger partial charge in [0.05, 0.1) is 0 Å². The van der Waals surface area contributed by atoms with Crippen molar-refractivity contribution < 1.29 is 4.52 Å². The van der Waals surface area contributed by atoms with Crippen molar-refractivity contribution in [2.45, 2.75) is 33.4 Å². The van der Waals surface area contributed by atoms with E-state index in [9.17, 15) is 4.79 Å². The lowest BCUT2D eigenvalue weighted by Gasteiger charge is -2.05. The fourth-order valence-corrected chi connectivity index (χ4v) is 3.18. The Morgan fingerprint density at radius 2 is 1.85 bits per heavy atom. The molecule has 0 N–H and O–H groups in total. The largest absolute Gasteiger partial charge is 0.343 e. The highest BCUT2D eigenvalue weighted by atomic mass is 16.5. The predicted octanol–water partition coefficient (Wildman–Crippen LogP) is 3.15. The third kappa shape index (κ3) is 2.94. The van der Waals surface area contributed by atoms with Crippen LogP contribution in [0.3, 0.4) is 0 Å². The second-order valence-corrected chi connectivity index (χ2v) is 6.36. The van der Waals surface area contributed by atoms with Crippen molar-refractivity contribution in [3.05, 3.63) is 82.0 Å². The van der Waals surface area contributed by atoms with Crippen LogP contribution in [0.2, 0.25) is 0 Å². The molecule has 0 fully saturated rings. The van der Waals surface area contributed by atoms with Crippen molar-refractivity contribution in [2.24, 2.45) is 0 Å². The van der Waals surface area contributed by atoms with Crippen molar-refractivity contribution in [1.82, 2.24) is 19.3 Å². The zero-order valence-electron chi connectivity index (χ0n) is 14.8. The molecule has 6 heteroatoms. The Kier molecular flexibility index (Phi) is 4.16. The lowest BCUT2D eigenvalue weighted by Crippen LogP contribution is -2.22. The minimum absolute atomic E-state index is 0.0481. The molecule has 3 heterocycles. The Balaban J connectivity index is 1.60. The van der Waals surface area contributed by atoms with Crippen molar-refractivity contribution in [3.63, 3.8) is 0 Å². The number of hydrogen-bond acceptors (Lipinski definition) is 4. The van der Waals surface area contributed by atoms with E-state index >= 15 is 0 Å². The maximum atomic E-state index is 12.8. The number of aryl methyl sites for hydroxylation is 2. The van der Waals surface area contributed by atoms with Gasteiger partial charge in [-0.15, -0.1) is 0 Å². The zero-order chi connectivity index (χ0) is 18.1. The first-order chi connectivity index (χ1) is 12.7. The van der Waals surface area contributed by atoms with E-state index in [1.165, 1.54) is 11.1 Å². The molecule has 6 nitrogen and oxygen atoms in total. The first-order valence-corrected chi connectivity index (χ1v) is 8.70. The molecule has 0 radical (unpaired) electrons. The van der Waals surface area contributed by atoms with E-state index in [4.69, 9.17) is 4.52 Å². The van der Waals surface area contributed by atoms with Gasteiger partial charge in [0.1, 0.15) is 12.1 Å². The highest BCUT2D eigenvalue weighted by Crippen LogP contribution is 2.13. The van der Waals surface area contributed by atoms with E-state index in [1.54, 1.807) is 10.8 Å². The summed E-state index contributed by atoms with van der Waals surface area (Å²) in [6.45, 7) is 5.11. The van der Waals surface area contributed by atoms with E-state index in [0.29, 0.717) is 23.7 Å². The quantitative estimate of drug-likeness (QED) is 0.556. The minimum Gasteiger partial charge on any atom is -0.343 e. The van der Waals surface area contributed by atoms with Gasteiger partial charge in [-0.3, -0.25) is 4.79 Å². The summed E-state index contributed by atoms with van der Waals surface area (Å²) in [7, 11) is 0. The lowest BCUT2D eigenvalue weighted by atomic mass is 10.1. The Bertz CT molecular complexity index is 1120. The van der Waals surface area contributed by atoms with E-state index in [2.05, 4.69) is 29.2 Å². The number of pyridine rings is 1. The van der Waals surface area contributed by atoms with Crippen molar-refractivity contribution in [1.29, 1.82) is 0 Å². The second kappa shape index (κ2) is 6.63. The van der Waals surface area contributed by atoms with Gasteiger partial charge in [0, 0.05) is 30.7 Å². The Labute approximate surface area is 150 Å². The number of hydrogen-bond donors (Lipinski definition) is 0. The molecule has 0 unspecified atom stereocenters. The molecule has 26 heavy (non-hydrogen) atoms. The fraction of sp³-hybridized carbons (Fsp3) is 0.250. The Morgan fingerprint density at radius 1 is 1.08 bits per heavy atom. The average molecular weight is 348 g/mol. The van der Waals surface area contributed by atoms with Gasteiger partial charge >= 0.3 is 0 Å². The highest BCUT2D eigenvalue weighted by molar-refractivity contribution is 5.78. The molecule has 0 aliphatic carbocycles. The number of nitrogens with zero attached hydrogens (tertiary/aromatic N) is 4. The van der Waals surface area contributed by atoms with Crippen molar-refractivity contribution in [2.75, 3.05) is 0 Å². The van der Waals surface area contributed by atoms with Crippen LogP contribution in [0, 0.1) is 6.92 Å². The average Bonchev–Trinajstić information content (AvgIpc) is 3.26. The topological polar surface area (TPSA) is 65.8 Å². The number of aromatic nitrogens is 4. The van der Waals surface area contributed by atoms with Gasteiger partial charge < -0.3 is 13.7 Å². The van der Waals surface area contributed by atoms with E-state index < -0.39 is 0 Å². The summed E-state index contributed by atoms with van der Waals surface area (Å²) in [4.78, 5) is 17.2. The van der Waals surface area contributed by atoms with Crippen molar-refractivity contribution >= 4 is 10.9 Å². The molecule has 0 saturated carbocycles. The summed E-state index contributed by atoms with van der Waals surface area (Å²) < 4.78 is 8.92. The lowest BCUT2D eigenvalue weighted by molar-refractivity contribution is 0.365. The van der Waals surface area contributed by atoms with Crippen LogP contribution < -0.4 is 5.56 Å². The summed E-state index contributed by atoms with van der Waals surface area (Å²) in [6.07, 6.45) is 4.32. The minimum atomic E-state index is -0.0481. The van der Waals surface area contributed by atoms with Gasteiger partial charge in [0.25, 0.3) is 5.56 Å². The second-order valence-electron chi connectivity index (χ2n) is 6.36. The maximum Gasteiger partial charge on any atom is 0.275 e. The Hall–Kier alpha value is -3.15. The molecule has 0 aliphatic heterocycles. The molecular formula is C20H20N4O2. The summed E-state index contributed by atoms with van der Waals surface area (Å²) in [5.74, 6) is 1.06. The van der Waals surface area contributed by atoms with Gasteiger partial charge in [0.2, 0.25) is 5.89 Å². The van der Waals surface area contributed by atoms with Gasteiger partial charge in [0.15, 0.2) is 5.82 Å². The van der Waals surface area contributed by atoms with Crippen LogP contribution in [0.15, 0.2) is 58.1 Å². The monoisotopic (exact) mass is 348 g/mol. The van der Waals surface area contributed by atoms with Crippen molar-refractivity contribution in [3.8, 4) is 0 Å². The molecule has 0 aliphatic rings. The first-order valence-electron chi connectivity index (χ1n) is 8.70. The molecule has 0 spiro atoms. The summed E-state index contributed by atoms with van der Waals surface area (Å²) in [5.41, 5.74) is 3.02. The SMILES string of the molecule is CCn1ccc2ccn(Cc3nc(Cc4ccccc4C)no3)c(=O)c21. The van der Waals surface area contributed by atoms with Crippen LogP contribution >= 0.6 is 0 Å².